The molecule has 0 aromatic rings. The number of phosphoric ester groups is 2. The summed E-state index contributed by atoms with van der Waals surface area (Å²) in [7, 11) is -9.91. The molecule has 0 rings (SSSR count). The van der Waals surface area contributed by atoms with Gasteiger partial charge in [-0.15, -0.1) is 0 Å². The number of hydrogen-bond donors (Lipinski definition) is 3. The van der Waals surface area contributed by atoms with Gasteiger partial charge in [-0.2, -0.15) is 0 Å². The maximum absolute atomic E-state index is 13.1. The zero-order valence-corrected chi connectivity index (χ0v) is 63.2. The van der Waals surface area contributed by atoms with Gasteiger partial charge < -0.3 is 33.8 Å². The Bertz CT molecular complexity index is 1840. The fourth-order valence-corrected chi connectivity index (χ4v) is 13.0. The number of aliphatic hydroxyl groups excluding tert-OH is 1. The summed E-state index contributed by atoms with van der Waals surface area (Å²) >= 11 is 0. The molecule has 0 aliphatic rings. The van der Waals surface area contributed by atoms with Crippen LogP contribution in [-0.2, 0) is 65.4 Å². The standard InChI is InChI=1S/C75H146O17P2/c1-8-10-11-12-13-14-15-16-17-18-19-24-30-35-44-51-58-74(79)91-70(62-85-72(77)56-49-42-34-29-25-20-22-27-32-39-46-53-66(3)4)64-89-93(81,82)87-60-69(76)61-88-94(83,84)90-65-71(63-86-73(78)57-50-43-38-37-41-48-55-68(7)9-2)92-75(80)59-52-45-36-31-26-21-23-28-33-40-47-54-67(5)6/h66-71,76H,8-65H2,1-7H3,(H,81,82)(H,83,84)/t68?,69-,70-,71-/m1/s1. The van der Waals surface area contributed by atoms with E-state index in [-0.39, 0.29) is 25.7 Å². The fourth-order valence-electron chi connectivity index (χ4n) is 11.4. The Balaban J connectivity index is 5.26. The average molecular weight is 1380 g/mol. The summed E-state index contributed by atoms with van der Waals surface area (Å²) in [6.45, 7) is 11.9. The van der Waals surface area contributed by atoms with Gasteiger partial charge in [0.25, 0.3) is 0 Å². The van der Waals surface area contributed by atoms with Crippen LogP contribution >= 0.6 is 15.6 Å². The van der Waals surface area contributed by atoms with E-state index in [0.29, 0.717) is 25.7 Å². The van der Waals surface area contributed by atoms with Crippen LogP contribution in [0.5, 0.6) is 0 Å². The smallest absolute Gasteiger partial charge is 0.462 e. The molecule has 3 unspecified atom stereocenters. The molecule has 0 aromatic heterocycles. The Morgan fingerprint density at radius 1 is 0.309 bits per heavy atom. The highest BCUT2D eigenvalue weighted by Gasteiger charge is 2.30. The molecule has 3 N–H and O–H groups in total. The van der Waals surface area contributed by atoms with Crippen molar-refractivity contribution in [2.45, 2.75) is 401 Å². The summed E-state index contributed by atoms with van der Waals surface area (Å²) in [6.07, 6.45) is 51.3. The van der Waals surface area contributed by atoms with Gasteiger partial charge in [0.2, 0.25) is 0 Å². The van der Waals surface area contributed by atoms with E-state index < -0.39 is 97.5 Å². The van der Waals surface area contributed by atoms with E-state index in [9.17, 15) is 43.2 Å². The van der Waals surface area contributed by atoms with Crippen molar-refractivity contribution in [3.05, 3.63) is 0 Å². The third kappa shape index (κ3) is 67.3. The number of aliphatic hydroxyl groups is 1. The van der Waals surface area contributed by atoms with E-state index in [0.717, 1.165) is 114 Å². The zero-order chi connectivity index (χ0) is 69.4. The molecule has 0 radical (unpaired) electrons. The molecular weight excluding hydrogens is 1230 g/mol. The lowest BCUT2D eigenvalue weighted by Crippen LogP contribution is -2.30. The molecule has 0 saturated carbocycles. The first-order chi connectivity index (χ1) is 45.3. The lowest BCUT2D eigenvalue weighted by Gasteiger charge is -2.21. The Kier molecular flexibility index (Phi) is 64.3. The molecule has 0 fully saturated rings. The van der Waals surface area contributed by atoms with E-state index in [1.807, 2.05) is 0 Å². The topological polar surface area (TPSA) is 237 Å². The first-order valence-corrected chi connectivity index (χ1v) is 41.9. The molecule has 0 bridgehead atoms. The van der Waals surface area contributed by atoms with Crippen LogP contribution in [-0.4, -0.2) is 96.7 Å². The number of carbonyl (C=O) groups excluding carboxylic acids is 4. The fraction of sp³-hybridized carbons (Fsp3) is 0.947. The van der Waals surface area contributed by atoms with Crippen molar-refractivity contribution in [2.75, 3.05) is 39.6 Å². The normalized spacial score (nSPS) is 14.4. The van der Waals surface area contributed by atoms with Gasteiger partial charge in [0.15, 0.2) is 12.2 Å². The first-order valence-electron chi connectivity index (χ1n) is 38.9. The van der Waals surface area contributed by atoms with Crippen molar-refractivity contribution in [1.82, 2.24) is 0 Å². The van der Waals surface area contributed by atoms with Crippen molar-refractivity contribution >= 4 is 39.5 Å². The highest BCUT2D eigenvalue weighted by atomic mass is 31.2. The molecule has 0 saturated heterocycles. The summed E-state index contributed by atoms with van der Waals surface area (Å²) < 4.78 is 68.5. The van der Waals surface area contributed by atoms with Crippen molar-refractivity contribution in [2.24, 2.45) is 17.8 Å². The van der Waals surface area contributed by atoms with Crippen molar-refractivity contribution < 1.29 is 80.2 Å². The molecule has 0 aliphatic carbocycles. The summed E-state index contributed by atoms with van der Waals surface area (Å²) in [6, 6.07) is 0. The van der Waals surface area contributed by atoms with E-state index in [1.54, 1.807) is 0 Å². The van der Waals surface area contributed by atoms with Crippen molar-refractivity contribution in [1.29, 1.82) is 0 Å². The van der Waals surface area contributed by atoms with Crippen LogP contribution in [0.1, 0.15) is 382 Å². The number of hydrogen-bond acceptors (Lipinski definition) is 15. The average Bonchev–Trinajstić information content (AvgIpc) is 1.62. The molecule has 0 heterocycles. The Morgan fingerprint density at radius 3 is 0.809 bits per heavy atom. The molecule has 94 heavy (non-hydrogen) atoms. The van der Waals surface area contributed by atoms with Crippen LogP contribution in [0.25, 0.3) is 0 Å². The zero-order valence-electron chi connectivity index (χ0n) is 61.4. The van der Waals surface area contributed by atoms with Crippen LogP contribution in [0.3, 0.4) is 0 Å². The second-order valence-corrected chi connectivity index (χ2v) is 31.1. The van der Waals surface area contributed by atoms with Crippen LogP contribution in [0.15, 0.2) is 0 Å². The Morgan fingerprint density at radius 2 is 0.543 bits per heavy atom. The second kappa shape index (κ2) is 65.7. The molecule has 0 aliphatic heterocycles. The van der Waals surface area contributed by atoms with E-state index >= 15 is 0 Å². The van der Waals surface area contributed by atoms with Gasteiger partial charge in [-0.05, 0) is 43.4 Å². The van der Waals surface area contributed by atoms with Gasteiger partial charge >= 0.3 is 39.5 Å². The molecule has 558 valence electrons. The molecule has 6 atom stereocenters. The van der Waals surface area contributed by atoms with Gasteiger partial charge in [0.1, 0.15) is 19.3 Å². The van der Waals surface area contributed by atoms with Gasteiger partial charge in [0.05, 0.1) is 26.4 Å². The van der Waals surface area contributed by atoms with Gasteiger partial charge in [-0.3, -0.25) is 37.3 Å². The van der Waals surface area contributed by atoms with E-state index in [4.69, 9.17) is 37.0 Å². The number of ether oxygens (including phenoxy) is 4. The molecule has 0 spiro atoms. The van der Waals surface area contributed by atoms with Gasteiger partial charge in [0, 0.05) is 25.7 Å². The minimum atomic E-state index is -4.96. The third-order valence-corrected chi connectivity index (χ3v) is 19.6. The van der Waals surface area contributed by atoms with Crippen molar-refractivity contribution in [3.63, 3.8) is 0 Å². The third-order valence-electron chi connectivity index (χ3n) is 17.7. The summed E-state index contributed by atoms with van der Waals surface area (Å²) in [5.41, 5.74) is 0. The number of unbranched alkanes of at least 4 members (excludes halogenated alkanes) is 40. The van der Waals surface area contributed by atoms with Crippen LogP contribution in [0.4, 0.5) is 0 Å². The Labute approximate surface area is 575 Å². The lowest BCUT2D eigenvalue weighted by molar-refractivity contribution is -0.161. The first kappa shape index (κ1) is 92.1. The summed E-state index contributed by atoms with van der Waals surface area (Å²) in [4.78, 5) is 72.8. The number of carbonyl (C=O) groups is 4. The molecule has 19 heteroatoms. The highest BCUT2D eigenvalue weighted by Crippen LogP contribution is 2.45. The predicted octanol–water partition coefficient (Wildman–Crippen LogP) is 21.8. The highest BCUT2D eigenvalue weighted by molar-refractivity contribution is 7.47. The van der Waals surface area contributed by atoms with Crippen molar-refractivity contribution in [3.8, 4) is 0 Å². The molecule has 0 aromatic carbocycles. The van der Waals surface area contributed by atoms with E-state index in [1.165, 1.54) is 186 Å². The summed E-state index contributed by atoms with van der Waals surface area (Å²) in [5, 5.41) is 10.6. The largest absolute Gasteiger partial charge is 0.472 e. The quantitative estimate of drug-likeness (QED) is 0.0222. The van der Waals surface area contributed by atoms with Crippen LogP contribution in [0.2, 0.25) is 0 Å². The maximum atomic E-state index is 13.1. The monoisotopic (exact) mass is 1380 g/mol. The second-order valence-electron chi connectivity index (χ2n) is 28.2. The predicted molar refractivity (Wildman–Crippen MR) is 381 cm³/mol. The molecular formula is C75H146O17P2. The lowest BCUT2D eigenvalue weighted by atomic mass is 10.00. The minimum absolute atomic E-state index is 0.105. The number of phosphoric acid groups is 2. The number of rotatable bonds is 73. The van der Waals surface area contributed by atoms with E-state index in [2.05, 4.69) is 48.5 Å². The maximum Gasteiger partial charge on any atom is 0.472 e. The van der Waals surface area contributed by atoms with Gasteiger partial charge in [-0.25, -0.2) is 9.13 Å². The van der Waals surface area contributed by atoms with Crippen LogP contribution < -0.4 is 0 Å². The molecule has 17 nitrogen and oxygen atoms in total. The summed E-state index contributed by atoms with van der Waals surface area (Å²) in [5.74, 6) is 0.148. The Hall–Kier alpha value is -1.94. The van der Waals surface area contributed by atoms with Crippen LogP contribution in [0, 0.1) is 17.8 Å². The number of esters is 4. The van der Waals surface area contributed by atoms with Gasteiger partial charge in [-0.1, -0.05) is 331 Å². The SMILES string of the molecule is CCCCCCCCCCCCCCCCCCC(=O)O[C@H](COC(=O)CCCCCCCCCCCCCC(C)C)COP(=O)(O)OC[C@@H](O)COP(=O)(O)OC[C@@H](COC(=O)CCCCCCCCC(C)CC)OC(=O)CCCCCCCCCCCCCC(C)C. The molecule has 0 amide bonds. The minimum Gasteiger partial charge on any atom is -0.462 e.